The Balaban J connectivity index is 2.34. The standard InChI is InChI=1S/C17H17ClN2O6/c1-4-26-14-6-5-10(7-13(14)20(22)23)17(21)19-12-8-11(18)15(24-2)9-16(12)25-3/h5-9H,4H2,1-3H3,(H,19,21). The number of nitrogens with zero attached hydrogens (tertiary/aromatic N) is 1. The Morgan fingerprint density at radius 1 is 1.15 bits per heavy atom. The minimum atomic E-state index is -0.605. The molecule has 1 N–H and O–H groups in total. The molecule has 0 unspecified atom stereocenters. The van der Waals surface area contributed by atoms with E-state index in [1.165, 1.54) is 38.5 Å². The number of carbonyl (C=O) groups excluding carboxylic acids is 1. The van der Waals surface area contributed by atoms with Crippen molar-refractivity contribution in [3.05, 3.63) is 51.0 Å². The highest BCUT2D eigenvalue weighted by Gasteiger charge is 2.20. The van der Waals surface area contributed by atoms with E-state index in [4.69, 9.17) is 25.8 Å². The van der Waals surface area contributed by atoms with Crippen LogP contribution in [0.15, 0.2) is 30.3 Å². The molecule has 26 heavy (non-hydrogen) atoms. The Morgan fingerprint density at radius 3 is 2.42 bits per heavy atom. The van der Waals surface area contributed by atoms with Gasteiger partial charge in [0.25, 0.3) is 5.91 Å². The van der Waals surface area contributed by atoms with Crippen molar-refractivity contribution in [1.29, 1.82) is 0 Å². The molecule has 0 radical (unpaired) electrons. The molecule has 0 atom stereocenters. The molecule has 0 aliphatic rings. The first kappa shape index (κ1) is 19.3. The molecular weight excluding hydrogens is 364 g/mol. The smallest absolute Gasteiger partial charge is 0.311 e. The van der Waals surface area contributed by atoms with Gasteiger partial charge in [0.15, 0.2) is 5.75 Å². The summed E-state index contributed by atoms with van der Waals surface area (Å²) in [6.07, 6.45) is 0. The predicted octanol–water partition coefficient (Wildman–Crippen LogP) is 3.92. The lowest BCUT2D eigenvalue weighted by Gasteiger charge is -2.13. The van der Waals surface area contributed by atoms with Crippen molar-refractivity contribution in [2.45, 2.75) is 6.92 Å². The van der Waals surface area contributed by atoms with Crippen LogP contribution in [0.3, 0.4) is 0 Å². The largest absolute Gasteiger partial charge is 0.495 e. The van der Waals surface area contributed by atoms with Crippen LogP contribution >= 0.6 is 11.6 Å². The summed E-state index contributed by atoms with van der Waals surface area (Å²) in [4.78, 5) is 23.1. The van der Waals surface area contributed by atoms with Gasteiger partial charge in [0.2, 0.25) is 0 Å². The van der Waals surface area contributed by atoms with Crippen LogP contribution in [0.25, 0.3) is 0 Å². The number of methoxy groups -OCH3 is 2. The summed E-state index contributed by atoms with van der Waals surface area (Å²) in [5, 5.41) is 14.1. The minimum Gasteiger partial charge on any atom is -0.495 e. The summed E-state index contributed by atoms with van der Waals surface area (Å²) in [6, 6.07) is 6.97. The van der Waals surface area contributed by atoms with E-state index < -0.39 is 10.8 Å². The molecule has 2 aromatic carbocycles. The third kappa shape index (κ3) is 4.15. The number of hydrogen-bond acceptors (Lipinski definition) is 6. The Kier molecular flexibility index (Phi) is 6.24. The second-order valence-electron chi connectivity index (χ2n) is 5.01. The molecule has 9 heteroatoms. The number of amides is 1. The lowest BCUT2D eigenvalue weighted by molar-refractivity contribution is -0.385. The average molecular weight is 381 g/mol. The van der Waals surface area contributed by atoms with E-state index in [-0.39, 0.29) is 28.6 Å². The molecule has 0 saturated carbocycles. The van der Waals surface area contributed by atoms with Gasteiger partial charge in [0.1, 0.15) is 11.5 Å². The van der Waals surface area contributed by atoms with Crippen LogP contribution < -0.4 is 19.5 Å². The van der Waals surface area contributed by atoms with E-state index >= 15 is 0 Å². The first-order valence-electron chi connectivity index (χ1n) is 7.55. The van der Waals surface area contributed by atoms with Gasteiger partial charge in [0.05, 0.1) is 36.5 Å². The number of anilines is 1. The molecule has 2 aromatic rings. The maximum absolute atomic E-state index is 12.5. The molecule has 0 bridgehead atoms. The lowest BCUT2D eigenvalue weighted by atomic mass is 10.1. The van der Waals surface area contributed by atoms with Gasteiger partial charge in [-0.25, -0.2) is 0 Å². The van der Waals surface area contributed by atoms with E-state index in [2.05, 4.69) is 5.32 Å². The molecule has 8 nitrogen and oxygen atoms in total. The maximum Gasteiger partial charge on any atom is 0.311 e. The van der Waals surface area contributed by atoms with Gasteiger partial charge in [-0.05, 0) is 25.1 Å². The van der Waals surface area contributed by atoms with E-state index in [1.54, 1.807) is 6.92 Å². The van der Waals surface area contributed by atoms with Crippen molar-refractivity contribution in [1.82, 2.24) is 0 Å². The number of nitro benzene ring substituents is 1. The van der Waals surface area contributed by atoms with Crippen molar-refractivity contribution in [2.24, 2.45) is 0 Å². The van der Waals surface area contributed by atoms with Crippen LogP contribution in [0.5, 0.6) is 17.2 Å². The van der Waals surface area contributed by atoms with Crippen LogP contribution in [-0.2, 0) is 0 Å². The van der Waals surface area contributed by atoms with Gasteiger partial charge in [-0.3, -0.25) is 14.9 Å². The Labute approximate surface area is 154 Å². The molecule has 138 valence electrons. The molecule has 1 amide bonds. The third-order valence-corrected chi connectivity index (χ3v) is 3.74. The first-order valence-corrected chi connectivity index (χ1v) is 7.93. The number of ether oxygens (including phenoxy) is 3. The zero-order valence-electron chi connectivity index (χ0n) is 14.4. The Hall–Kier alpha value is -3.00. The highest BCUT2D eigenvalue weighted by atomic mass is 35.5. The van der Waals surface area contributed by atoms with Crippen molar-refractivity contribution >= 4 is 28.9 Å². The summed E-state index contributed by atoms with van der Waals surface area (Å²) in [5.41, 5.74) is 0.105. The lowest BCUT2D eigenvalue weighted by Crippen LogP contribution is -2.13. The number of carbonyl (C=O) groups is 1. The molecular formula is C17H17ClN2O6. The van der Waals surface area contributed by atoms with Crippen LogP contribution in [0, 0.1) is 10.1 Å². The second kappa shape index (κ2) is 8.39. The van der Waals surface area contributed by atoms with E-state index in [0.717, 1.165) is 6.07 Å². The van der Waals surface area contributed by atoms with Gasteiger partial charge in [-0.1, -0.05) is 11.6 Å². The number of nitro groups is 1. The molecule has 0 saturated heterocycles. The molecule has 0 aliphatic carbocycles. The van der Waals surface area contributed by atoms with Crippen molar-refractivity contribution in [3.8, 4) is 17.2 Å². The fourth-order valence-corrected chi connectivity index (χ4v) is 2.47. The van der Waals surface area contributed by atoms with Crippen LogP contribution in [0.2, 0.25) is 5.02 Å². The van der Waals surface area contributed by atoms with Gasteiger partial charge in [0, 0.05) is 17.7 Å². The quantitative estimate of drug-likeness (QED) is 0.577. The first-order chi connectivity index (χ1) is 12.4. The van der Waals surface area contributed by atoms with Gasteiger partial charge in [-0.2, -0.15) is 0 Å². The van der Waals surface area contributed by atoms with Gasteiger partial charge >= 0.3 is 5.69 Å². The molecule has 0 aromatic heterocycles. The highest BCUT2D eigenvalue weighted by Crippen LogP contribution is 2.36. The topological polar surface area (TPSA) is 99.9 Å². The maximum atomic E-state index is 12.5. The summed E-state index contributed by atoms with van der Waals surface area (Å²) in [7, 11) is 2.89. The zero-order chi connectivity index (χ0) is 19.3. The highest BCUT2D eigenvalue weighted by molar-refractivity contribution is 6.32. The van der Waals surface area contributed by atoms with Gasteiger partial charge in [-0.15, -0.1) is 0 Å². The molecule has 0 heterocycles. The fraction of sp³-hybridized carbons (Fsp3) is 0.235. The summed E-state index contributed by atoms with van der Waals surface area (Å²) in [5.74, 6) is 0.257. The monoisotopic (exact) mass is 380 g/mol. The van der Waals surface area contributed by atoms with Crippen molar-refractivity contribution in [2.75, 3.05) is 26.1 Å². The third-order valence-electron chi connectivity index (χ3n) is 3.44. The summed E-state index contributed by atoms with van der Waals surface area (Å²) in [6.45, 7) is 1.98. The van der Waals surface area contributed by atoms with Crippen molar-refractivity contribution in [3.63, 3.8) is 0 Å². The number of nitrogens with one attached hydrogen (secondary N) is 1. The number of rotatable bonds is 7. The zero-order valence-corrected chi connectivity index (χ0v) is 15.1. The normalized spacial score (nSPS) is 10.2. The fourth-order valence-electron chi connectivity index (χ4n) is 2.23. The SMILES string of the molecule is CCOc1ccc(C(=O)Nc2cc(Cl)c(OC)cc2OC)cc1[N+](=O)[O-]. The second-order valence-corrected chi connectivity index (χ2v) is 5.42. The molecule has 2 rings (SSSR count). The summed E-state index contributed by atoms with van der Waals surface area (Å²) < 4.78 is 15.5. The Morgan fingerprint density at radius 2 is 1.85 bits per heavy atom. The van der Waals surface area contributed by atoms with Crippen LogP contribution in [0.1, 0.15) is 17.3 Å². The Bertz CT molecular complexity index is 840. The number of halogens is 1. The van der Waals surface area contributed by atoms with E-state index in [1.807, 2.05) is 0 Å². The predicted molar refractivity (Wildman–Crippen MR) is 96.8 cm³/mol. The van der Waals surface area contributed by atoms with Gasteiger partial charge < -0.3 is 19.5 Å². The van der Waals surface area contributed by atoms with Crippen LogP contribution in [0.4, 0.5) is 11.4 Å². The summed E-state index contributed by atoms with van der Waals surface area (Å²) >= 11 is 6.07. The molecule has 0 spiro atoms. The minimum absolute atomic E-state index is 0.0918. The average Bonchev–Trinajstić information content (AvgIpc) is 2.62. The van der Waals surface area contributed by atoms with Crippen LogP contribution in [-0.4, -0.2) is 31.7 Å². The molecule has 0 aliphatic heterocycles. The van der Waals surface area contributed by atoms with Crippen molar-refractivity contribution < 1.29 is 23.9 Å². The van der Waals surface area contributed by atoms with E-state index in [0.29, 0.717) is 17.2 Å². The number of benzene rings is 2. The molecule has 0 fully saturated rings. The van der Waals surface area contributed by atoms with E-state index in [9.17, 15) is 14.9 Å². The number of hydrogen-bond donors (Lipinski definition) is 1.